The average molecular weight is 484 g/mol. The van der Waals surface area contributed by atoms with Crippen molar-refractivity contribution < 1.29 is 32.2 Å². The molecule has 1 aromatic carbocycles. The number of allylic oxidation sites excluding steroid dienone is 2. The molecule has 4 rings (SSSR count). The Hall–Kier alpha value is -3.20. The number of aromatic nitrogens is 1. The number of rotatable bonds is 9. The van der Waals surface area contributed by atoms with Gasteiger partial charge in [-0.25, -0.2) is 0 Å². The van der Waals surface area contributed by atoms with E-state index in [9.17, 15) is 4.79 Å². The van der Waals surface area contributed by atoms with E-state index in [0.717, 1.165) is 33.1 Å². The van der Waals surface area contributed by atoms with Crippen LogP contribution in [0.3, 0.4) is 0 Å². The van der Waals surface area contributed by atoms with Crippen LogP contribution >= 0.6 is 0 Å². The lowest BCUT2D eigenvalue weighted by Crippen LogP contribution is -2.51. The molecule has 0 saturated heterocycles. The van der Waals surface area contributed by atoms with Crippen LogP contribution in [0.25, 0.3) is 6.08 Å². The minimum absolute atomic E-state index is 0.0478. The number of fused-ring (bicyclic) bond motifs is 2. The maximum Gasteiger partial charge on any atom is 0.737 e. The number of carbonyl (C=O) groups is 1. The lowest BCUT2D eigenvalue weighted by molar-refractivity contribution is -0.870. The quantitative estimate of drug-likeness (QED) is 0.426. The first kappa shape index (κ1) is 24.9. The summed E-state index contributed by atoms with van der Waals surface area (Å²) in [5.41, 5.74) is 4.07. The molecule has 0 saturated carbocycles. The summed E-state index contributed by atoms with van der Waals surface area (Å²) < 4.78 is 41.1. The predicted octanol–water partition coefficient (Wildman–Crippen LogP) is 4.33. The highest BCUT2D eigenvalue weighted by molar-refractivity contribution is 6.58. The minimum Gasteiger partial charge on any atom is -0.497 e. The third-order valence-corrected chi connectivity index (χ3v) is 6.67. The van der Waals surface area contributed by atoms with Crippen molar-refractivity contribution in [3.8, 4) is 5.75 Å². The number of methoxy groups -OCH3 is 1. The maximum atomic E-state index is 16.4. The van der Waals surface area contributed by atoms with Gasteiger partial charge in [0.15, 0.2) is 11.4 Å². The molecule has 9 heteroatoms. The molecule has 3 heterocycles. The van der Waals surface area contributed by atoms with Crippen LogP contribution in [0.5, 0.6) is 5.75 Å². The molecule has 2 aliphatic heterocycles. The van der Waals surface area contributed by atoms with Gasteiger partial charge in [0.25, 0.3) is 0 Å². The second-order valence-electron chi connectivity index (χ2n) is 10.4. The Morgan fingerprint density at radius 1 is 1.14 bits per heavy atom. The van der Waals surface area contributed by atoms with Gasteiger partial charge in [-0.1, -0.05) is 0 Å². The lowest BCUT2D eigenvalue weighted by atomic mass is 9.88. The number of nitrogens with zero attached hydrogens (tertiary/aromatic N) is 3. The minimum atomic E-state index is -4.23. The van der Waals surface area contributed by atoms with Crippen molar-refractivity contribution in [2.24, 2.45) is 0 Å². The van der Waals surface area contributed by atoms with Gasteiger partial charge in [0.1, 0.15) is 5.75 Å². The number of carboxylic acids is 1. The number of hydrogen-bond donors (Lipinski definition) is 1. The third-order valence-electron chi connectivity index (χ3n) is 6.67. The molecule has 186 valence electrons. The predicted molar refractivity (Wildman–Crippen MR) is 134 cm³/mol. The highest BCUT2D eigenvalue weighted by Gasteiger charge is 2.54. The smallest absolute Gasteiger partial charge is 0.497 e. The molecule has 6 nitrogen and oxygen atoms in total. The van der Waals surface area contributed by atoms with Crippen molar-refractivity contribution in [2.75, 3.05) is 34.8 Å². The zero-order chi connectivity index (χ0) is 25.5. The maximum absolute atomic E-state index is 16.4. The molecule has 0 fully saturated rings. The second-order valence-corrected chi connectivity index (χ2v) is 10.4. The van der Waals surface area contributed by atoms with Crippen molar-refractivity contribution in [1.29, 1.82) is 0 Å². The van der Waals surface area contributed by atoms with E-state index in [1.54, 1.807) is 44.4 Å². The third kappa shape index (κ3) is 4.82. The topological polar surface area (TPSA) is 54.5 Å². The second kappa shape index (κ2) is 9.11. The molecule has 0 atom stereocenters. The van der Waals surface area contributed by atoms with Gasteiger partial charge >= 0.3 is 12.9 Å². The van der Waals surface area contributed by atoms with Crippen LogP contribution in [0.1, 0.15) is 41.8 Å². The normalized spacial score (nSPS) is 16.5. The molecule has 1 N–H and O–H groups in total. The summed E-state index contributed by atoms with van der Waals surface area (Å²) in [6.45, 7) is -1.50. The molecule has 0 bridgehead atoms. The molecule has 35 heavy (non-hydrogen) atoms. The number of aliphatic carboxylic acids is 1. The number of halogens is 2. The van der Waals surface area contributed by atoms with Crippen LogP contribution in [-0.2, 0) is 11.2 Å². The van der Waals surface area contributed by atoms with Crippen molar-refractivity contribution in [1.82, 2.24) is 4.48 Å². The lowest BCUT2D eigenvalue weighted by Gasteiger charge is -2.32. The van der Waals surface area contributed by atoms with E-state index in [1.807, 2.05) is 12.2 Å². The van der Waals surface area contributed by atoms with Crippen LogP contribution in [0.4, 0.5) is 8.63 Å². The fraction of sp³-hybridized carbons (Fsp3) is 0.385. The van der Waals surface area contributed by atoms with Crippen molar-refractivity contribution in [3.63, 3.8) is 0 Å². The standard InChI is InChI=1S/C26H32BF2N3O3/c1-18-15-21(10-13-26(33)34)30-23(18)17-25-20(7-6-14-32(2,3)4)16-24(31(25)27(30,28)29)19-8-11-22(35-5)12-9-19/h8-9,11-12,15-17H,6-7,10,13-14H2,1-5H3/p+1. The molecule has 0 amide bonds. The number of hydrogen-bond acceptors (Lipinski definition) is 2. The summed E-state index contributed by atoms with van der Waals surface area (Å²) in [5.74, 6) is -0.348. The molecule has 2 aromatic rings. The fourth-order valence-electron chi connectivity index (χ4n) is 4.98. The van der Waals surface area contributed by atoms with E-state index in [4.69, 9.17) is 9.84 Å². The summed E-state index contributed by atoms with van der Waals surface area (Å²) in [6.07, 6.45) is 5.14. The van der Waals surface area contributed by atoms with Crippen LogP contribution in [0.15, 0.2) is 47.7 Å². The number of ether oxygens (including phenoxy) is 1. The Morgan fingerprint density at radius 2 is 1.83 bits per heavy atom. The van der Waals surface area contributed by atoms with Crippen molar-refractivity contribution in [2.45, 2.75) is 32.6 Å². The van der Waals surface area contributed by atoms with Crippen LogP contribution in [0, 0.1) is 6.92 Å². The molecule has 2 aliphatic rings. The Balaban J connectivity index is 1.84. The molecule has 0 aliphatic carbocycles. The van der Waals surface area contributed by atoms with Crippen LogP contribution < -0.4 is 4.74 Å². The first-order valence-corrected chi connectivity index (χ1v) is 11.9. The number of benzene rings is 1. The Kier molecular flexibility index (Phi) is 6.49. The molecular weight excluding hydrogens is 451 g/mol. The summed E-state index contributed by atoms with van der Waals surface area (Å²) in [6, 6.07) is 8.83. The largest absolute Gasteiger partial charge is 0.737 e. The summed E-state index contributed by atoms with van der Waals surface area (Å²) >= 11 is 0. The van der Waals surface area contributed by atoms with Gasteiger partial charge in [-0.05, 0) is 61.4 Å². The summed E-state index contributed by atoms with van der Waals surface area (Å²) in [4.78, 5) is 11.2. The zero-order valence-electron chi connectivity index (χ0n) is 21.0. The number of carboxylic acid groups (broad SMARTS) is 1. The zero-order valence-corrected chi connectivity index (χ0v) is 21.0. The van der Waals surface area contributed by atoms with Crippen LogP contribution in [-0.4, -0.2) is 72.0 Å². The van der Waals surface area contributed by atoms with E-state index in [-0.39, 0.29) is 12.8 Å². The van der Waals surface area contributed by atoms with E-state index in [1.165, 1.54) is 4.49 Å². The molecule has 0 unspecified atom stereocenters. The van der Waals surface area contributed by atoms with Crippen molar-refractivity contribution in [3.05, 3.63) is 70.2 Å². The summed E-state index contributed by atoms with van der Waals surface area (Å²) in [7, 11) is 7.93. The van der Waals surface area contributed by atoms with Gasteiger partial charge in [-0.3, -0.25) is 4.79 Å². The van der Waals surface area contributed by atoms with E-state index in [2.05, 4.69) is 21.1 Å². The van der Waals surface area contributed by atoms with Gasteiger partial charge in [-0.15, -0.1) is 0 Å². The Morgan fingerprint density at radius 3 is 2.43 bits per heavy atom. The number of aryl methyl sites for hydroxylation is 2. The molecule has 0 spiro atoms. The van der Waals surface area contributed by atoms with Gasteiger partial charge in [0.2, 0.25) is 0 Å². The molecule has 0 radical (unpaired) electrons. The van der Waals surface area contributed by atoms with E-state index >= 15 is 8.63 Å². The van der Waals surface area contributed by atoms with E-state index < -0.39 is 12.9 Å². The van der Waals surface area contributed by atoms with Crippen LogP contribution in [0.2, 0.25) is 0 Å². The van der Waals surface area contributed by atoms with Gasteiger partial charge in [0, 0.05) is 35.4 Å². The molecular formula is C26H33BF2N3O3+. The van der Waals surface area contributed by atoms with Gasteiger partial charge in [0.05, 0.1) is 41.2 Å². The fourth-order valence-corrected chi connectivity index (χ4v) is 4.98. The first-order chi connectivity index (χ1) is 16.4. The molecule has 1 aromatic heterocycles. The first-order valence-electron chi connectivity index (χ1n) is 11.9. The van der Waals surface area contributed by atoms with Crippen molar-refractivity contribution >= 4 is 24.7 Å². The Labute approximate surface area is 205 Å². The van der Waals surface area contributed by atoms with E-state index in [0.29, 0.717) is 40.5 Å². The van der Waals surface area contributed by atoms with Gasteiger partial charge < -0.3 is 31.9 Å². The Bertz CT molecular complexity index is 1250. The monoisotopic (exact) mass is 484 g/mol. The SMILES string of the molecule is COc1ccc(C2=[N+]3C(=Cc4c(C)cc(CCC(=O)O)n4[B-]3(F)F)C(CCC[N+](C)(C)C)=C2)cc1. The van der Waals surface area contributed by atoms with Gasteiger partial charge in [-0.2, -0.15) is 0 Å². The highest BCUT2D eigenvalue weighted by atomic mass is 19.2. The number of quaternary nitrogens is 1. The highest BCUT2D eigenvalue weighted by Crippen LogP contribution is 2.39. The average Bonchev–Trinajstić information content (AvgIpc) is 3.31. The summed E-state index contributed by atoms with van der Waals surface area (Å²) in [5, 5.41) is 9.14.